The van der Waals surface area contributed by atoms with Crippen molar-refractivity contribution in [3.63, 3.8) is 0 Å². The highest BCUT2D eigenvalue weighted by Gasteiger charge is 2.12. The Kier molecular flexibility index (Phi) is 4.74. The number of carbonyl (C=O) groups is 1. The first-order valence-electron chi connectivity index (χ1n) is 5.87. The summed E-state index contributed by atoms with van der Waals surface area (Å²) >= 11 is 2.21. The summed E-state index contributed by atoms with van der Waals surface area (Å²) in [5.74, 6) is 0.281. The average Bonchev–Trinajstić information content (AvgIpc) is 2.46. The van der Waals surface area contributed by atoms with Gasteiger partial charge in [-0.05, 0) is 28.2 Å². The summed E-state index contributed by atoms with van der Waals surface area (Å²) in [5, 5.41) is 0. The zero-order valence-corrected chi connectivity index (χ0v) is 12.6. The highest BCUT2D eigenvalue weighted by Crippen LogP contribution is 2.32. The van der Waals surface area contributed by atoms with E-state index in [1.165, 1.54) is 6.92 Å². The number of hydrogen-bond donors (Lipinski definition) is 0. The van der Waals surface area contributed by atoms with E-state index in [1.54, 1.807) is 0 Å². The van der Waals surface area contributed by atoms with E-state index in [4.69, 9.17) is 4.74 Å². The Morgan fingerprint density at radius 2 is 1.37 bits per heavy atom. The van der Waals surface area contributed by atoms with Crippen molar-refractivity contribution in [2.75, 3.05) is 0 Å². The van der Waals surface area contributed by atoms with Gasteiger partial charge in [0.2, 0.25) is 0 Å². The summed E-state index contributed by atoms with van der Waals surface area (Å²) in [4.78, 5) is 11.3. The second-order valence-electron chi connectivity index (χ2n) is 3.97. The van der Waals surface area contributed by atoms with E-state index in [0.29, 0.717) is 5.76 Å². The van der Waals surface area contributed by atoms with Crippen LogP contribution < -0.4 is 0 Å². The quantitative estimate of drug-likeness (QED) is 0.347. The van der Waals surface area contributed by atoms with Gasteiger partial charge in [0.1, 0.15) is 0 Å². The maximum absolute atomic E-state index is 11.3. The minimum absolute atomic E-state index is 0.316. The lowest BCUT2D eigenvalue weighted by molar-refractivity contribution is -0.134. The molecule has 0 aromatic heterocycles. The van der Waals surface area contributed by atoms with Gasteiger partial charge in [-0.3, -0.25) is 4.79 Å². The van der Waals surface area contributed by atoms with E-state index in [0.717, 1.165) is 14.7 Å². The van der Waals surface area contributed by atoms with E-state index in [2.05, 4.69) is 22.6 Å². The molecule has 0 aliphatic heterocycles. The van der Waals surface area contributed by atoms with Crippen LogP contribution in [0.2, 0.25) is 0 Å². The molecule has 0 bridgehead atoms. The van der Waals surface area contributed by atoms with Gasteiger partial charge < -0.3 is 4.74 Å². The number of benzene rings is 2. The van der Waals surface area contributed by atoms with Crippen LogP contribution in [0.15, 0.2) is 60.7 Å². The molecule has 2 nitrogen and oxygen atoms in total. The molecule has 2 aromatic rings. The molecular formula is C16H13IO2. The van der Waals surface area contributed by atoms with Crippen LogP contribution in [-0.4, -0.2) is 5.97 Å². The van der Waals surface area contributed by atoms with Gasteiger partial charge in [0.15, 0.2) is 5.76 Å². The molecule has 0 amide bonds. The summed E-state index contributed by atoms with van der Waals surface area (Å²) in [7, 11) is 0. The Morgan fingerprint density at radius 3 is 1.84 bits per heavy atom. The summed E-state index contributed by atoms with van der Waals surface area (Å²) in [6.07, 6.45) is 0. The van der Waals surface area contributed by atoms with Crippen molar-refractivity contribution in [3.8, 4) is 0 Å². The molecule has 0 saturated heterocycles. The lowest BCUT2D eigenvalue weighted by atomic mass is 10.1. The van der Waals surface area contributed by atoms with Crippen LogP contribution in [0.5, 0.6) is 0 Å². The Balaban J connectivity index is 2.51. The molecule has 0 aliphatic carbocycles. The number of halogens is 1. The topological polar surface area (TPSA) is 26.3 Å². The van der Waals surface area contributed by atoms with Crippen LogP contribution in [0.4, 0.5) is 0 Å². The maximum Gasteiger partial charge on any atom is 0.308 e. The molecule has 0 N–H and O–H groups in total. The standard InChI is InChI=1S/C16H13IO2/c1-12(18)19-16(14-10-6-3-7-11-14)15(17)13-8-4-2-5-9-13/h2-11H,1H3/b16-15-. The number of rotatable bonds is 3. The predicted molar refractivity (Wildman–Crippen MR) is 85.5 cm³/mol. The van der Waals surface area contributed by atoms with Gasteiger partial charge in [-0.15, -0.1) is 0 Å². The fourth-order valence-electron chi connectivity index (χ4n) is 1.68. The minimum Gasteiger partial charge on any atom is -0.425 e. The highest BCUT2D eigenvalue weighted by atomic mass is 127. The van der Waals surface area contributed by atoms with Crippen molar-refractivity contribution in [2.45, 2.75) is 6.92 Å². The van der Waals surface area contributed by atoms with Crippen LogP contribution in [-0.2, 0) is 9.53 Å². The smallest absolute Gasteiger partial charge is 0.308 e. The van der Waals surface area contributed by atoms with Gasteiger partial charge in [-0.2, -0.15) is 0 Å². The van der Waals surface area contributed by atoms with Crippen molar-refractivity contribution in [3.05, 3.63) is 71.8 Å². The summed E-state index contributed by atoms with van der Waals surface area (Å²) in [5.41, 5.74) is 1.93. The van der Waals surface area contributed by atoms with Crippen molar-refractivity contribution in [1.82, 2.24) is 0 Å². The molecule has 0 unspecified atom stereocenters. The lowest BCUT2D eigenvalue weighted by Gasteiger charge is -2.11. The third kappa shape index (κ3) is 3.67. The first-order valence-corrected chi connectivity index (χ1v) is 6.95. The van der Waals surface area contributed by atoms with Crippen LogP contribution in [0.1, 0.15) is 18.1 Å². The third-order valence-electron chi connectivity index (χ3n) is 2.51. The lowest BCUT2D eigenvalue weighted by Crippen LogP contribution is -2.00. The molecule has 19 heavy (non-hydrogen) atoms. The highest BCUT2D eigenvalue weighted by molar-refractivity contribution is 14.1. The molecule has 0 saturated carbocycles. The van der Waals surface area contributed by atoms with E-state index in [-0.39, 0.29) is 5.97 Å². The maximum atomic E-state index is 11.3. The van der Waals surface area contributed by atoms with Crippen LogP contribution >= 0.6 is 22.6 Å². The van der Waals surface area contributed by atoms with Crippen LogP contribution in [0.25, 0.3) is 9.34 Å². The summed E-state index contributed by atoms with van der Waals surface area (Å²) < 4.78 is 6.30. The molecule has 0 spiro atoms. The first-order chi connectivity index (χ1) is 9.18. The van der Waals surface area contributed by atoms with Crippen molar-refractivity contribution < 1.29 is 9.53 Å². The normalized spacial score (nSPS) is 11.7. The molecule has 0 radical (unpaired) electrons. The van der Waals surface area contributed by atoms with Crippen LogP contribution in [0.3, 0.4) is 0 Å². The summed E-state index contributed by atoms with van der Waals surface area (Å²) in [6.45, 7) is 1.41. The monoisotopic (exact) mass is 364 g/mol. The Hall–Kier alpha value is -1.62. The van der Waals surface area contributed by atoms with Crippen molar-refractivity contribution >= 4 is 37.9 Å². The van der Waals surface area contributed by atoms with Gasteiger partial charge >= 0.3 is 5.97 Å². The second-order valence-corrected chi connectivity index (χ2v) is 5.05. The molecule has 96 valence electrons. The molecule has 2 aromatic carbocycles. The molecule has 0 atom stereocenters. The van der Waals surface area contributed by atoms with Gasteiger partial charge in [-0.1, -0.05) is 60.7 Å². The van der Waals surface area contributed by atoms with Gasteiger partial charge in [0.05, 0.1) is 3.58 Å². The molecule has 0 fully saturated rings. The van der Waals surface area contributed by atoms with E-state index >= 15 is 0 Å². The van der Waals surface area contributed by atoms with Crippen molar-refractivity contribution in [2.24, 2.45) is 0 Å². The Labute approximate surface area is 126 Å². The molecule has 3 heteroatoms. The van der Waals surface area contributed by atoms with Crippen LogP contribution in [0, 0.1) is 0 Å². The van der Waals surface area contributed by atoms with Crippen molar-refractivity contribution in [1.29, 1.82) is 0 Å². The number of esters is 1. The SMILES string of the molecule is CC(=O)O/C(=C(\I)c1ccccc1)c1ccccc1. The first kappa shape index (κ1) is 13.8. The Morgan fingerprint density at radius 1 is 0.895 bits per heavy atom. The molecule has 0 heterocycles. The zero-order chi connectivity index (χ0) is 13.7. The number of ether oxygens (including phenoxy) is 1. The molecule has 2 rings (SSSR count). The van der Waals surface area contributed by atoms with Gasteiger partial charge in [-0.25, -0.2) is 0 Å². The fourth-order valence-corrected chi connectivity index (χ4v) is 2.46. The number of hydrogen-bond acceptors (Lipinski definition) is 2. The Bertz CT molecular complexity index is 589. The number of carbonyl (C=O) groups excluding carboxylic acids is 1. The van der Waals surface area contributed by atoms with Gasteiger partial charge in [0.25, 0.3) is 0 Å². The molecule has 0 aliphatic rings. The van der Waals surface area contributed by atoms with E-state index in [9.17, 15) is 4.79 Å². The average molecular weight is 364 g/mol. The molecular weight excluding hydrogens is 351 g/mol. The van der Waals surface area contributed by atoms with E-state index < -0.39 is 0 Å². The predicted octanol–water partition coefficient (Wildman–Crippen LogP) is 4.51. The zero-order valence-electron chi connectivity index (χ0n) is 10.5. The second kappa shape index (κ2) is 6.52. The van der Waals surface area contributed by atoms with Gasteiger partial charge in [0, 0.05) is 12.5 Å². The largest absolute Gasteiger partial charge is 0.425 e. The minimum atomic E-state index is -0.316. The summed E-state index contributed by atoms with van der Waals surface area (Å²) in [6, 6.07) is 19.5. The third-order valence-corrected chi connectivity index (χ3v) is 3.62. The fraction of sp³-hybridized carbons (Fsp3) is 0.0625. The van der Waals surface area contributed by atoms with E-state index in [1.807, 2.05) is 60.7 Å².